The van der Waals surface area contributed by atoms with Crippen LogP contribution in [-0.4, -0.2) is 14.2 Å². The van der Waals surface area contributed by atoms with E-state index < -0.39 is 0 Å². The molecule has 0 saturated heterocycles. The summed E-state index contributed by atoms with van der Waals surface area (Å²) in [4.78, 5) is 0. The van der Waals surface area contributed by atoms with Crippen molar-refractivity contribution in [1.29, 1.82) is 0 Å². The molecule has 0 aliphatic heterocycles. The lowest BCUT2D eigenvalue weighted by Gasteiger charge is -2.19. The monoisotopic (exact) mass is 271 g/mol. The van der Waals surface area contributed by atoms with Crippen molar-refractivity contribution in [2.24, 2.45) is 0 Å². The zero-order valence-corrected chi connectivity index (χ0v) is 12.4. The number of hydrogen-bond acceptors (Lipinski definition) is 3. The van der Waals surface area contributed by atoms with Gasteiger partial charge in [-0.3, -0.25) is 0 Å². The van der Waals surface area contributed by atoms with E-state index in [1.165, 1.54) is 0 Å². The van der Waals surface area contributed by atoms with Crippen LogP contribution in [0.1, 0.15) is 25.3 Å². The van der Waals surface area contributed by atoms with Crippen molar-refractivity contribution in [3.05, 3.63) is 42.0 Å². The molecule has 20 heavy (non-hydrogen) atoms. The lowest BCUT2D eigenvalue weighted by atomic mass is 9.94. The van der Waals surface area contributed by atoms with Crippen LogP contribution in [0.2, 0.25) is 0 Å². The third kappa shape index (κ3) is 2.57. The Kier molecular flexibility index (Phi) is 4.18. The molecule has 0 atom stereocenters. The van der Waals surface area contributed by atoms with Gasteiger partial charge in [-0.2, -0.15) is 0 Å². The van der Waals surface area contributed by atoms with Crippen LogP contribution in [0.4, 0.5) is 5.69 Å². The van der Waals surface area contributed by atoms with Crippen LogP contribution >= 0.6 is 0 Å². The van der Waals surface area contributed by atoms with Gasteiger partial charge in [-0.25, -0.2) is 0 Å². The molecule has 0 saturated carbocycles. The van der Waals surface area contributed by atoms with E-state index in [0.29, 0.717) is 5.92 Å². The van der Waals surface area contributed by atoms with Gasteiger partial charge in [0.25, 0.3) is 0 Å². The lowest BCUT2D eigenvalue weighted by molar-refractivity contribution is 0.383. The Balaban J connectivity index is 2.68. The molecule has 0 fully saturated rings. The molecule has 0 heterocycles. The first-order valence-corrected chi connectivity index (χ1v) is 6.69. The highest BCUT2D eigenvalue weighted by molar-refractivity contribution is 5.76. The summed E-state index contributed by atoms with van der Waals surface area (Å²) >= 11 is 0. The summed E-state index contributed by atoms with van der Waals surface area (Å²) in [6.45, 7) is 4.26. The Morgan fingerprint density at radius 1 is 1.00 bits per heavy atom. The van der Waals surface area contributed by atoms with Gasteiger partial charge in [0.15, 0.2) is 0 Å². The van der Waals surface area contributed by atoms with Crippen LogP contribution in [-0.2, 0) is 0 Å². The van der Waals surface area contributed by atoms with Crippen molar-refractivity contribution in [3.63, 3.8) is 0 Å². The summed E-state index contributed by atoms with van der Waals surface area (Å²) in [7, 11) is 3.37. The Bertz CT molecular complexity index is 606. The van der Waals surface area contributed by atoms with Crippen molar-refractivity contribution < 1.29 is 9.47 Å². The van der Waals surface area contributed by atoms with Crippen molar-refractivity contribution in [2.45, 2.75) is 19.8 Å². The first kappa shape index (κ1) is 14.3. The molecule has 2 N–H and O–H groups in total. The van der Waals surface area contributed by atoms with Crippen LogP contribution in [0.25, 0.3) is 11.1 Å². The van der Waals surface area contributed by atoms with Gasteiger partial charge in [0.1, 0.15) is 11.5 Å². The molecule has 3 nitrogen and oxygen atoms in total. The van der Waals surface area contributed by atoms with E-state index in [9.17, 15) is 0 Å². The second kappa shape index (κ2) is 5.87. The van der Waals surface area contributed by atoms with Crippen LogP contribution in [0, 0.1) is 0 Å². The number of hydrogen-bond donors (Lipinski definition) is 1. The maximum Gasteiger partial charge on any atom is 0.133 e. The fraction of sp³-hybridized carbons (Fsp3) is 0.294. The smallest absolute Gasteiger partial charge is 0.133 e. The predicted molar refractivity (Wildman–Crippen MR) is 83.5 cm³/mol. The largest absolute Gasteiger partial charge is 0.496 e. The summed E-state index contributed by atoms with van der Waals surface area (Å²) in [5, 5.41) is 0. The highest BCUT2D eigenvalue weighted by Gasteiger charge is 2.18. The fourth-order valence-electron chi connectivity index (χ4n) is 2.46. The number of benzene rings is 2. The van der Waals surface area contributed by atoms with E-state index in [-0.39, 0.29) is 0 Å². The van der Waals surface area contributed by atoms with Gasteiger partial charge in [0.2, 0.25) is 0 Å². The second-order valence-electron chi connectivity index (χ2n) is 5.04. The molecule has 3 heteroatoms. The molecule has 0 aliphatic carbocycles. The Hall–Kier alpha value is -2.16. The summed E-state index contributed by atoms with van der Waals surface area (Å²) in [5.41, 5.74) is 9.78. The molecule has 0 aromatic heterocycles. The van der Waals surface area contributed by atoms with Crippen LogP contribution in [0.15, 0.2) is 36.4 Å². The molecule has 0 spiro atoms. The summed E-state index contributed by atoms with van der Waals surface area (Å²) in [6.07, 6.45) is 0. The Morgan fingerprint density at radius 3 is 2.30 bits per heavy atom. The van der Waals surface area contributed by atoms with Crippen LogP contribution in [0.5, 0.6) is 11.5 Å². The van der Waals surface area contributed by atoms with Gasteiger partial charge in [0, 0.05) is 16.8 Å². The molecule has 0 radical (unpaired) electrons. The van der Waals surface area contributed by atoms with E-state index in [4.69, 9.17) is 15.2 Å². The molecule has 2 aromatic rings. The Morgan fingerprint density at radius 2 is 1.75 bits per heavy atom. The number of anilines is 1. The molecule has 0 aliphatic rings. The summed E-state index contributed by atoms with van der Waals surface area (Å²) in [5.74, 6) is 2.01. The first-order chi connectivity index (χ1) is 9.58. The van der Waals surface area contributed by atoms with Crippen molar-refractivity contribution >= 4 is 5.69 Å². The lowest BCUT2D eigenvalue weighted by Crippen LogP contribution is -2.00. The van der Waals surface area contributed by atoms with Crippen molar-refractivity contribution in [3.8, 4) is 22.6 Å². The molecule has 106 valence electrons. The fourth-order valence-corrected chi connectivity index (χ4v) is 2.46. The van der Waals surface area contributed by atoms with Gasteiger partial charge in [0.05, 0.1) is 14.2 Å². The summed E-state index contributed by atoms with van der Waals surface area (Å²) < 4.78 is 11.1. The zero-order valence-electron chi connectivity index (χ0n) is 12.4. The third-order valence-corrected chi connectivity index (χ3v) is 3.36. The summed E-state index contributed by atoms with van der Waals surface area (Å²) in [6, 6.07) is 11.8. The third-order valence-electron chi connectivity index (χ3n) is 3.36. The second-order valence-corrected chi connectivity index (χ2v) is 5.04. The minimum atomic E-state index is 0.306. The highest BCUT2D eigenvalue weighted by Crippen LogP contribution is 2.42. The SMILES string of the molecule is COc1ccc(-c2cccc(N)c2)c(OC)c1C(C)C. The van der Waals surface area contributed by atoms with Gasteiger partial charge in [-0.1, -0.05) is 26.0 Å². The average Bonchev–Trinajstić information content (AvgIpc) is 2.45. The van der Waals surface area contributed by atoms with E-state index >= 15 is 0 Å². The maximum absolute atomic E-state index is 5.88. The molecular formula is C17H21NO2. The highest BCUT2D eigenvalue weighted by atomic mass is 16.5. The van der Waals surface area contributed by atoms with E-state index in [1.54, 1.807) is 14.2 Å². The zero-order chi connectivity index (χ0) is 14.7. The first-order valence-electron chi connectivity index (χ1n) is 6.69. The number of rotatable bonds is 4. The van der Waals surface area contributed by atoms with E-state index in [2.05, 4.69) is 13.8 Å². The van der Waals surface area contributed by atoms with Crippen LogP contribution < -0.4 is 15.2 Å². The molecule has 2 rings (SSSR count). The van der Waals surface area contributed by atoms with Gasteiger partial charge in [-0.05, 0) is 35.7 Å². The molecule has 2 aromatic carbocycles. The van der Waals surface area contributed by atoms with Crippen molar-refractivity contribution in [1.82, 2.24) is 0 Å². The van der Waals surface area contributed by atoms with E-state index in [0.717, 1.165) is 33.9 Å². The number of nitrogen functional groups attached to an aromatic ring is 1. The van der Waals surface area contributed by atoms with Crippen molar-refractivity contribution in [2.75, 3.05) is 20.0 Å². The quantitative estimate of drug-likeness (QED) is 0.852. The maximum atomic E-state index is 5.88. The molecular weight excluding hydrogens is 250 g/mol. The average molecular weight is 271 g/mol. The molecule has 0 bridgehead atoms. The minimum absolute atomic E-state index is 0.306. The standard InChI is InChI=1S/C17H21NO2/c1-11(2)16-15(19-3)9-8-14(17(16)20-4)12-6-5-7-13(18)10-12/h5-11H,18H2,1-4H3. The molecule has 0 amide bonds. The Labute approximate surface area is 120 Å². The van der Waals surface area contributed by atoms with Gasteiger partial charge in [-0.15, -0.1) is 0 Å². The van der Waals surface area contributed by atoms with Crippen LogP contribution in [0.3, 0.4) is 0 Å². The van der Waals surface area contributed by atoms with Gasteiger partial charge < -0.3 is 15.2 Å². The number of methoxy groups -OCH3 is 2. The topological polar surface area (TPSA) is 44.5 Å². The van der Waals surface area contributed by atoms with Gasteiger partial charge >= 0.3 is 0 Å². The molecule has 0 unspecified atom stereocenters. The van der Waals surface area contributed by atoms with E-state index in [1.807, 2.05) is 36.4 Å². The number of ether oxygens (including phenoxy) is 2. The number of nitrogens with two attached hydrogens (primary N) is 1. The normalized spacial score (nSPS) is 10.7. The minimum Gasteiger partial charge on any atom is -0.496 e. The predicted octanol–water partition coefficient (Wildman–Crippen LogP) is 4.08.